The summed E-state index contributed by atoms with van der Waals surface area (Å²) >= 11 is 0. The largest absolute Gasteiger partial charge is 0.497 e. The van der Waals surface area contributed by atoms with Crippen LogP contribution in [-0.4, -0.2) is 13.7 Å². The van der Waals surface area contributed by atoms with Crippen molar-refractivity contribution in [3.8, 4) is 11.5 Å². The molecule has 166 valence electrons. The lowest BCUT2D eigenvalue weighted by molar-refractivity contribution is 0.296. The number of fused-ring (bicyclic) bond motifs is 1. The predicted molar refractivity (Wildman–Crippen MR) is 130 cm³/mol. The molecule has 0 radical (unpaired) electrons. The molecular weight excluding hydrogens is 425 g/mol. The molecule has 0 saturated carbocycles. The van der Waals surface area contributed by atoms with Gasteiger partial charge in [-0.1, -0.05) is 60.7 Å². The zero-order valence-corrected chi connectivity index (χ0v) is 18.8. The second-order valence-electron chi connectivity index (χ2n) is 7.42. The summed E-state index contributed by atoms with van der Waals surface area (Å²) in [4.78, 5) is 0. The molecule has 0 unspecified atom stereocenters. The number of benzene rings is 4. The van der Waals surface area contributed by atoms with E-state index in [0.29, 0.717) is 12.1 Å². The minimum Gasteiger partial charge on any atom is -0.497 e. The van der Waals surface area contributed by atoms with Crippen LogP contribution in [0.1, 0.15) is 16.7 Å². The second-order valence-corrected chi connectivity index (χ2v) is 7.42. The summed E-state index contributed by atoms with van der Waals surface area (Å²) in [6.45, 7) is 1.70. The smallest absolute Gasteiger partial charge is 0.129 e. The van der Waals surface area contributed by atoms with E-state index in [1.807, 2.05) is 42.5 Å². The van der Waals surface area contributed by atoms with Crippen LogP contribution >= 0.6 is 12.4 Å². The zero-order chi connectivity index (χ0) is 21.5. The van der Waals surface area contributed by atoms with Gasteiger partial charge in [-0.3, -0.25) is 0 Å². The third-order valence-corrected chi connectivity index (χ3v) is 5.39. The van der Waals surface area contributed by atoms with Gasteiger partial charge in [0.2, 0.25) is 0 Å². The molecule has 4 aromatic rings. The second kappa shape index (κ2) is 11.5. The van der Waals surface area contributed by atoms with Gasteiger partial charge in [0.05, 0.1) is 7.11 Å². The number of methoxy groups -OCH3 is 1. The summed E-state index contributed by atoms with van der Waals surface area (Å²) in [6.07, 6.45) is 0.917. The topological polar surface area (TPSA) is 30.5 Å². The summed E-state index contributed by atoms with van der Waals surface area (Å²) < 4.78 is 25.3. The van der Waals surface area contributed by atoms with Crippen LogP contribution < -0.4 is 14.8 Å². The van der Waals surface area contributed by atoms with E-state index < -0.39 is 0 Å². The fourth-order valence-corrected chi connectivity index (χ4v) is 3.64. The van der Waals surface area contributed by atoms with Crippen LogP contribution in [0, 0.1) is 5.82 Å². The molecule has 0 fully saturated rings. The number of ether oxygens (including phenoxy) is 2. The molecule has 32 heavy (non-hydrogen) atoms. The van der Waals surface area contributed by atoms with Crippen LogP contribution in [0.3, 0.4) is 0 Å². The van der Waals surface area contributed by atoms with Crippen LogP contribution in [0.15, 0.2) is 84.9 Å². The molecule has 5 heteroatoms. The maximum atomic E-state index is 14.0. The number of rotatable bonds is 9. The Hall–Kier alpha value is -3.08. The normalized spacial score (nSPS) is 10.6. The summed E-state index contributed by atoms with van der Waals surface area (Å²) in [7, 11) is 1.67. The molecular formula is C27H27ClFNO2. The van der Waals surface area contributed by atoms with Gasteiger partial charge in [0.15, 0.2) is 0 Å². The minimum absolute atomic E-state index is 0. The molecule has 0 aromatic heterocycles. The van der Waals surface area contributed by atoms with Crippen LogP contribution in [0.5, 0.6) is 11.5 Å². The monoisotopic (exact) mass is 451 g/mol. The van der Waals surface area contributed by atoms with Gasteiger partial charge in [-0.25, -0.2) is 4.39 Å². The Morgan fingerprint density at radius 1 is 0.844 bits per heavy atom. The number of halogens is 2. The molecule has 0 aliphatic heterocycles. The molecule has 0 aliphatic rings. The third-order valence-electron chi connectivity index (χ3n) is 5.39. The van der Waals surface area contributed by atoms with E-state index in [0.717, 1.165) is 40.8 Å². The SMILES string of the molecule is COc1ccc(CCNCc2c(OCc3ccccc3F)ccc3ccccc23)cc1.Cl. The summed E-state index contributed by atoms with van der Waals surface area (Å²) in [5.74, 6) is 1.39. The van der Waals surface area contributed by atoms with Crippen molar-refractivity contribution in [1.82, 2.24) is 5.32 Å². The van der Waals surface area contributed by atoms with Gasteiger partial charge in [0, 0.05) is 17.7 Å². The lowest BCUT2D eigenvalue weighted by atomic mass is 10.0. The van der Waals surface area contributed by atoms with E-state index in [1.165, 1.54) is 11.6 Å². The maximum absolute atomic E-state index is 14.0. The Bertz CT molecular complexity index is 1150. The van der Waals surface area contributed by atoms with Crippen molar-refractivity contribution < 1.29 is 13.9 Å². The van der Waals surface area contributed by atoms with Gasteiger partial charge >= 0.3 is 0 Å². The van der Waals surface area contributed by atoms with Gasteiger partial charge in [0.25, 0.3) is 0 Å². The quantitative estimate of drug-likeness (QED) is 0.302. The Balaban J connectivity index is 0.00000289. The van der Waals surface area contributed by atoms with Crippen LogP contribution in [0.2, 0.25) is 0 Å². The van der Waals surface area contributed by atoms with Crippen LogP contribution in [0.4, 0.5) is 4.39 Å². The Morgan fingerprint density at radius 3 is 2.38 bits per heavy atom. The number of hydrogen-bond donors (Lipinski definition) is 1. The van der Waals surface area contributed by atoms with Crippen LogP contribution in [0.25, 0.3) is 10.8 Å². The van der Waals surface area contributed by atoms with Gasteiger partial charge in [0.1, 0.15) is 23.9 Å². The van der Waals surface area contributed by atoms with E-state index in [-0.39, 0.29) is 24.8 Å². The average molecular weight is 452 g/mol. The van der Waals surface area contributed by atoms with Crippen molar-refractivity contribution in [2.75, 3.05) is 13.7 Å². The maximum Gasteiger partial charge on any atom is 0.129 e. The molecule has 4 aromatic carbocycles. The Labute approximate surface area is 194 Å². The molecule has 0 atom stereocenters. The third kappa shape index (κ3) is 5.78. The van der Waals surface area contributed by atoms with Crippen molar-refractivity contribution in [2.24, 2.45) is 0 Å². The highest BCUT2D eigenvalue weighted by molar-refractivity contribution is 5.87. The summed E-state index contributed by atoms with van der Waals surface area (Å²) in [5.41, 5.74) is 2.89. The fourth-order valence-electron chi connectivity index (χ4n) is 3.64. The first-order chi connectivity index (χ1) is 15.2. The first kappa shape index (κ1) is 23.6. The first-order valence-corrected chi connectivity index (χ1v) is 10.4. The summed E-state index contributed by atoms with van der Waals surface area (Å²) in [6, 6.07) is 27.1. The Morgan fingerprint density at radius 2 is 1.59 bits per heavy atom. The van der Waals surface area contributed by atoms with Gasteiger partial charge in [-0.15, -0.1) is 12.4 Å². The van der Waals surface area contributed by atoms with E-state index >= 15 is 0 Å². The predicted octanol–water partition coefficient (Wildman–Crippen LogP) is 6.32. The lowest BCUT2D eigenvalue weighted by Crippen LogP contribution is -2.17. The van der Waals surface area contributed by atoms with E-state index in [4.69, 9.17) is 9.47 Å². The molecule has 4 rings (SSSR count). The standard InChI is InChI=1S/C27H26FNO2.ClH/c1-30-23-13-10-20(11-14-23)16-17-29-18-25-24-8-4-2-6-21(24)12-15-27(25)31-19-22-7-3-5-9-26(22)28;/h2-15,29H,16-19H2,1H3;1H. The fraction of sp³-hybridized carbons (Fsp3) is 0.185. The molecule has 3 nitrogen and oxygen atoms in total. The molecule has 0 amide bonds. The van der Waals surface area contributed by atoms with E-state index in [2.05, 4.69) is 29.6 Å². The molecule has 1 N–H and O–H groups in total. The van der Waals surface area contributed by atoms with Crippen molar-refractivity contribution in [3.05, 3.63) is 107 Å². The van der Waals surface area contributed by atoms with Crippen molar-refractivity contribution in [1.29, 1.82) is 0 Å². The molecule has 0 saturated heterocycles. The first-order valence-electron chi connectivity index (χ1n) is 10.4. The van der Waals surface area contributed by atoms with Crippen LogP contribution in [-0.2, 0) is 19.6 Å². The molecule has 0 aliphatic carbocycles. The lowest BCUT2D eigenvalue weighted by Gasteiger charge is -2.15. The van der Waals surface area contributed by atoms with Crippen molar-refractivity contribution in [3.63, 3.8) is 0 Å². The van der Waals surface area contributed by atoms with Crippen molar-refractivity contribution >= 4 is 23.2 Å². The van der Waals surface area contributed by atoms with E-state index in [1.54, 1.807) is 19.2 Å². The highest BCUT2D eigenvalue weighted by Gasteiger charge is 2.10. The highest BCUT2D eigenvalue weighted by Crippen LogP contribution is 2.29. The highest BCUT2D eigenvalue weighted by atomic mass is 35.5. The molecule has 0 spiro atoms. The number of nitrogens with one attached hydrogen (secondary N) is 1. The minimum atomic E-state index is -0.248. The average Bonchev–Trinajstić information content (AvgIpc) is 2.82. The van der Waals surface area contributed by atoms with Gasteiger partial charge in [-0.05, 0) is 53.6 Å². The Kier molecular flexibility index (Phi) is 8.48. The summed E-state index contributed by atoms with van der Waals surface area (Å²) in [5, 5.41) is 5.84. The van der Waals surface area contributed by atoms with Gasteiger partial charge < -0.3 is 14.8 Å². The molecule has 0 heterocycles. The van der Waals surface area contributed by atoms with E-state index in [9.17, 15) is 4.39 Å². The number of hydrogen-bond acceptors (Lipinski definition) is 3. The zero-order valence-electron chi connectivity index (χ0n) is 18.0. The van der Waals surface area contributed by atoms with Gasteiger partial charge in [-0.2, -0.15) is 0 Å². The molecule has 0 bridgehead atoms. The van der Waals surface area contributed by atoms with Crippen molar-refractivity contribution in [2.45, 2.75) is 19.6 Å².